The van der Waals surface area contributed by atoms with Gasteiger partial charge in [0.2, 0.25) is 5.91 Å². The molecule has 0 unspecified atom stereocenters. The van der Waals surface area contributed by atoms with Gasteiger partial charge in [0.15, 0.2) is 0 Å². The molecule has 140 valence electrons. The third-order valence-corrected chi connectivity index (χ3v) is 4.79. The Morgan fingerprint density at radius 2 is 1.74 bits per heavy atom. The fourth-order valence-electron chi connectivity index (χ4n) is 2.51. The van der Waals surface area contributed by atoms with Crippen molar-refractivity contribution in [3.63, 3.8) is 0 Å². The van der Waals surface area contributed by atoms with Crippen LogP contribution in [-0.2, 0) is 18.3 Å². The molecule has 0 atom stereocenters. The zero-order valence-electron chi connectivity index (χ0n) is 15.4. The van der Waals surface area contributed by atoms with Crippen molar-refractivity contribution in [3.8, 4) is 5.69 Å². The van der Waals surface area contributed by atoms with Gasteiger partial charge in [0.05, 0.1) is 12.1 Å². The van der Waals surface area contributed by atoms with E-state index in [-0.39, 0.29) is 11.6 Å². The summed E-state index contributed by atoms with van der Waals surface area (Å²) < 4.78 is 2.35. The molecule has 1 N–H and O–H groups in total. The predicted molar refractivity (Wildman–Crippen MR) is 106 cm³/mol. The predicted octanol–water partition coefficient (Wildman–Crippen LogP) is 2.65. The van der Waals surface area contributed by atoms with Gasteiger partial charge < -0.3 is 5.32 Å². The molecule has 3 aromatic rings. The molecule has 0 bridgehead atoms. The molecule has 1 aromatic heterocycles. The number of benzene rings is 2. The average molecular weight is 383 g/mol. The number of carbonyl (C=O) groups excluding carboxylic acids is 1. The minimum atomic E-state index is -0.328. The quantitative estimate of drug-likeness (QED) is 0.662. The second-order valence-electron chi connectivity index (χ2n) is 6.38. The summed E-state index contributed by atoms with van der Waals surface area (Å²) >= 11 is 1.79. The molecule has 0 aliphatic carbocycles. The number of hydrogen-bond acceptors (Lipinski definition) is 5. The molecule has 0 saturated heterocycles. The van der Waals surface area contributed by atoms with Gasteiger partial charge in [-0.25, -0.2) is 4.79 Å². The minimum Gasteiger partial charge on any atom is -0.326 e. The maximum absolute atomic E-state index is 12.3. The highest BCUT2D eigenvalue weighted by Gasteiger charge is 2.08. The van der Waals surface area contributed by atoms with E-state index in [0.29, 0.717) is 23.0 Å². The van der Waals surface area contributed by atoms with Crippen molar-refractivity contribution >= 4 is 23.4 Å². The van der Waals surface area contributed by atoms with Crippen LogP contribution in [0.2, 0.25) is 0 Å². The largest absolute Gasteiger partial charge is 0.368 e. The van der Waals surface area contributed by atoms with Crippen LogP contribution >= 0.6 is 11.8 Å². The molecule has 0 saturated carbocycles. The van der Waals surface area contributed by atoms with E-state index in [4.69, 9.17) is 0 Å². The molecule has 0 fully saturated rings. The van der Waals surface area contributed by atoms with Gasteiger partial charge in [0.1, 0.15) is 0 Å². The van der Waals surface area contributed by atoms with E-state index in [1.165, 1.54) is 16.6 Å². The van der Waals surface area contributed by atoms with Crippen LogP contribution in [0, 0.1) is 0 Å². The summed E-state index contributed by atoms with van der Waals surface area (Å²) in [6, 6.07) is 14.9. The van der Waals surface area contributed by atoms with Crippen LogP contribution in [0.1, 0.15) is 19.4 Å². The van der Waals surface area contributed by atoms with Crippen LogP contribution in [0.3, 0.4) is 0 Å². The Bertz CT molecular complexity index is 975. The van der Waals surface area contributed by atoms with Gasteiger partial charge in [-0.1, -0.05) is 26.0 Å². The van der Waals surface area contributed by atoms with Crippen molar-refractivity contribution < 1.29 is 4.79 Å². The van der Waals surface area contributed by atoms with Crippen LogP contribution in [0.5, 0.6) is 0 Å². The van der Waals surface area contributed by atoms with Gasteiger partial charge in [0, 0.05) is 22.9 Å². The molecule has 1 amide bonds. The number of carbonyl (C=O) groups is 1. The van der Waals surface area contributed by atoms with E-state index in [1.54, 1.807) is 36.0 Å². The van der Waals surface area contributed by atoms with E-state index in [0.717, 1.165) is 10.2 Å². The Morgan fingerprint density at radius 1 is 1.07 bits per heavy atom. The molecular weight excluding hydrogens is 362 g/mol. The summed E-state index contributed by atoms with van der Waals surface area (Å²) in [6.07, 6.45) is 0.304. The molecule has 1 heterocycles. The topological polar surface area (TPSA) is 81.8 Å². The normalized spacial score (nSPS) is 11.0. The first-order chi connectivity index (χ1) is 12.9. The average Bonchev–Trinajstić information content (AvgIpc) is 2.96. The lowest BCUT2D eigenvalue weighted by Crippen LogP contribution is -2.21. The first-order valence-electron chi connectivity index (χ1n) is 8.57. The van der Waals surface area contributed by atoms with Crippen molar-refractivity contribution in [3.05, 3.63) is 64.6 Å². The van der Waals surface area contributed by atoms with Crippen LogP contribution < -0.4 is 11.0 Å². The Morgan fingerprint density at radius 3 is 2.30 bits per heavy atom. The number of thioether (sulfide) groups is 1. The van der Waals surface area contributed by atoms with Gasteiger partial charge in [-0.3, -0.25) is 4.79 Å². The van der Waals surface area contributed by atoms with Gasteiger partial charge in [0.25, 0.3) is 0 Å². The zero-order valence-corrected chi connectivity index (χ0v) is 16.2. The SMILES string of the molecule is CC(C)Sc1ccc(CC(=O)Nc2ccc(-n3nnn(C)c3=O)cc2)cc1. The number of anilines is 1. The maximum Gasteiger partial charge on any atom is 0.368 e. The van der Waals surface area contributed by atoms with Crippen molar-refractivity contribution in [2.75, 3.05) is 5.32 Å². The summed E-state index contributed by atoms with van der Waals surface area (Å²) in [6.45, 7) is 4.30. The number of aryl methyl sites for hydroxylation is 1. The molecule has 0 aliphatic rings. The van der Waals surface area contributed by atoms with Crippen molar-refractivity contribution in [1.82, 2.24) is 19.8 Å². The van der Waals surface area contributed by atoms with Crippen LogP contribution in [0.4, 0.5) is 5.69 Å². The number of aromatic nitrogens is 4. The third kappa shape index (κ3) is 4.85. The second-order valence-corrected chi connectivity index (χ2v) is 8.03. The third-order valence-electron chi connectivity index (χ3n) is 3.78. The summed E-state index contributed by atoms with van der Waals surface area (Å²) in [5.41, 5.74) is 1.88. The van der Waals surface area contributed by atoms with E-state index >= 15 is 0 Å². The first-order valence-corrected chi connectivity index (χ1v) is 9.45. The smallest absolute Gasteiger partial charge is 0.326 e. The lowest BCUT2D eigenvalue weighted by atomic mass is 10.1. The van der Waals surface area contributed by atoms with Crippen LogP contribution in [-0.4, -0.2) is 30.9 Å². The molecule has 0 spiro atoms. The Hall–Kier alpha value is -2.87. The summed E-state index contributed by atoms with van der Waals surface area (Å²) in [4.78, 5) is 25.3. The second kappa shape index (κ2) is 8.22. The molecule has 0 radical (unpaired) electrons. The van der Waals surface area contributed by atoms with Crippen molar-refractivity contribution in [2.24, 2.45) is 7.05 Å². The van der Waals surface area contributed by atoms with Crippen LogP contribution in [0.15, 0.2) is 58.2 Å². The zero-order chi connectivity index (χ0) is 19.4. The summed E-state index contributed by atoms with van der Waals surface area (Å²) in [5.74, 6) is -0.0938. The Kier molecular flexibility index (Phi) is 5.75. The van der Waals surface area contributed by atoms with Gasteiger partial charge in [-0.15, -0.1) is 11.8 Å². The molecular formula is C19H21N5O2S. The number of amides is 1. The standard InChI is InChI=1S/C19H21N5O2S/c1-13(2)27-17-10-4-14(5-11-17)12-18(25)20-15-6-8-16(9-7-15)24-19(26)23(3)21-22-24/h4-11,13H,12H2,1-3H3,(H,20,25). The highest BCUT2D eigenvalue weighted by molar-refractivity contribution is 7.99. The number of rotatable bonds is 6. The molecule has 7 nitrogen and oxygen atoms in total. The van der Waals surface area contributed by atoms with Crippen LogP contribution in [0.25, 0.3) is 5.69 Å². The Labute approximate surface area is 161 Å². The fourth-order valence-corrected chi connectivity index (χ4v) is 3.35. The fraction of sp³-hybridized carbons (Fsp3) is 0.263. The van der Waals surface area contributed by atoms with Crippen molar-refractivity contribution in [1.29, 1.82) is 0 Å². The molecule has 27 heavy (non-hydrogen) atoms. The molecule has 3 rings (SSSR count). The highest BCUT2D eigenvalue weighted by Crippen LogP contribution is 2.23. The highest BCUT2D eigenvalue weighted by atomic mass is 32.2. The number of tetrazole rings is 1. The van der Waals surface area contributed by atoms with E-state index in [1.807, 2.05) is 24.3 Å². The van der Waals surface area contributed by atoms with E-state index < -0.39 is 0 Å². The maximum atomic E-state index is 12.3. The van der Waals surface area contributed by atoms with E-state index in [9.17, 15) is 9.59 Å². The Balaban J connectivity index is 1.61. The van der Waals surface area contributed by atoms with Crippen molar-refractivity contribution in [2.45, 2.75) is 30.4 Å². The number of hydrogen-bond donors (Lipinski definition) is 1. The van der Waals surface area contributed by atoms with E-state index in [2.05, 4.69) is 29.6 Å². The molecule has 8 heteroatoms. The lowest BCUT2D eigenvalue weighted by molar-refractivity contribution is -0.115. The van der Waals surface area contributed by atoms with Gasteiger partial charge >= 0.3 is 5.69 Å². The molecule has 2 aromatic carbocycles. The van der Waals surface area contributed by atoms with Gasteiger partial charge in [-0.2, -0.15) is 9.36 Å². The summed E-state index contributed by atoms with van der Waals surface area (Å²) in [7, 11) is 1.54. The lowest BCUT2D eigenvalue weighted by Gasteiger charge is -2.08. The van der Waals surface area contributed by atoms with Gasteiger partial charge in [-0.05, 0) is 52.4 Å². The monoisotopic (exact) mass is 383 g/mol. The summed E-state index contributed by atoms with van der Waals surface area (Å²) in [5, 5.41) is 10.9. The number of nitrogens with zero attached hydrogens (tertiary/aromatic N) is 4. The number of nitrogens with one attached hydrogen (secondary N) is 1. The first kappa shape index (κ1) is 18.9. The minimum absolute atomic E-state index is 0.0938. The molecule has 0 aliphatic heterocycles.